The number of nitrogens with zero attached hydrogens (tertiary/aromatic N) is 1. The monoisotopic (exact) mass is 554 g/mol. The molecule has 1 atom stereocenters. The summed E-state index contributed by atoms with van der Waals surface area (Å²) in [6, 6.07) is 12.6. The number of hydrogen-bond acceptors (Lipinski definition) is 5. The summed E-state index contributed by atoms with van der Waals surface area (Å²) in [6.45, 7) is -0.0545. The third-order valence-corrected chi connectivity index (χ3v) is 7.81. The zero-order chi connectivity index (χ0) is 25.3. The Bertz CT molecular complexity index is 1400. The largest absolute Gasteiger partial charge is 0.319 e. The second-order valence-corrected chi connectivity index (χ2v) is 10.7. The summed E-state index contributed by atoms with van der Waals surface area (Å²) in [5, 5.41) is 0.478. The predicted molar refractivity (Wildman–Crippen MR) is 135 cm³/mol. The SMILES string of the molecule is Cl.N[C@H]1CS(=O)(=O)c2cc(F)c(C(=O)CCc3ccc(F)cc3)cc2N(Cc2ccc(Cl)cc2)C1=O. The van der Waals surface area contributed by atoms with Gasteiger partial charge in [-0.15, -0.1) is 12.4 Å². The molecule has 1 aliphatic rings. The fourth-order valence-electron chi connectivity index (χ4n) is 3.91. The molecular formula is C25H22Cl2F2N2O4S. The van der Waals surface area contributed by atoms with E-state index in [4.69, 9.17) is 17.3 Å². The lowest BCUT2D eigenvalue weighted by Crippen LogP contribution is -2.45. The number of ketones is 1. The van der Waals surface area contributed by atoms with E-state index in [0.717, 1.165) is 17.0 Å². The van der Waals surface area contributed by atoms with E-state index in [1.165, 1.54) is 24.3 Å². The van der Waals surface area contributed by atoms with Gasteiger partial charge in [0.2, 0.25) is 5.91 Å². The number of halogens is 4. The van der Waals surface area contributed by atoms with Crippen LogP contribution < -0.4 is 10.6 Å². The van der Waals surface area contributed by atoms with Crippen molar-refractivity contribution >= 4 is 51.2 Å². The van der Waals surface area contributed by atoms with Gasteiger partial charge < -0.3 is 10.6 Å². The van der Waals surface area contributed by atoms with Gasteiger partial charge in [0.15, 0.2) is 15.6 Å². The number of amides is 1. The highest BCUT2D eigenvalue weighted by atomic mass is 35.5. The van der Waals surface area contributed by atoms with Crippen molar-refractivity contribution in [3.63, 3.8) is 0 Å². The third kappa shape index (κ3) is 5.92. The predicted octanol–water partition coefficient (Wildman–Crippen LogP) is 4.50. The molecule has 36 heavy (non-hydrogen) atoms. The van der Waals surface area contributed by atoms with Crippen molar-refractivity contribution in [3.05, 3.63) is 94.0 Å². The number of sulfone groups is 1. The van der Waals surface area contributed by atoms with Crippen LogP contribution in [-0.2, 0) is 27.6 Å². The Balaban J connectivity index is 0.00000361. The first kappa shape index (κ1) is 27.7. The van der Waals surface area contributed by atoms with E-state index in [9.17, 15) is 26.8 Å². The second kappa shape index (κ2) is 11.0. The molecule has 0 saturated heterocycles. The molecule has 4 rings (SSSR count). The van der Waals surface area contributed by atoms with Gasteiger partial charge in [-0.3, -0.25) is 9.59 Å². The number of nitrogens with two attached hydrogens (primary N) is 1. The van der Waals surface area contributed by atoms with Crippen LogP contribution >= 0.6 is 24.0 Å². The van der Waals surface area contributed by atoms with Gasteiger partial charge in [0.25, 0.3) is 0 Å². The molecule has 0 fully saturated rings. The first-order valence-electron chi connectivity index (χ1n) is 10.7. The lowest BCUT2D eigenvalue weighted by Gasteiger charge is -2.25. The molecule has 190 valence electrons. The molecule has 11 heteroatoms. The highest BCUT2D eigenvalue weighted by Gasteiger charge is 2.37. The normalized spacial score (nSPS) is 16.6. The summed E-state index contributed by atoms with van der Waals surface area (Å²) in [5.74, 6) is -3.36. The number of anilines is 1. The highest BCUT2D eigenvalue weighted by molar-refractivity contribution is 7.91. The standard InChI is InChI=1S/C25H21ClF2N2O4S.ClH/c26-17-6-1-16(2-7-17)13-30-22-11-19(23(31)10-5-15-3-8-18(27)9-4-15)20(28)12-24(22)35(33,34)14-21(29)25(30)32;/h1-4,6-9,11-12,21H,5,10,13-14,29H2;1H/t21-;/m0./s1. The lowest BCUT2D eigenvalue weighted by atomic mass is 10.0. The summed E-state index contributed by atoms with van der Waals surface area (Å²) in [5.41, 5.74) is 6.75. The molecule has 1 aliphatic heterocycles. The molecule has 0 radical (unpaired) electrons. The first-order chi connectivity index (χ1) is 16.5. The van der Waals surface area contributed by atoms with Crippen LogP contribution in [0.1, 0.15) is 27.9 Å². The van der Waals surface area contributed by atoms with E-state index in [1.807, 2.05) is 0 Å². The highest BCUT2D eigenvalue weighted by Crippen LogP contribution is 2.34. The van der Waals surface area contributed by atoms with Crippen LogP contribution in [0, 0.1) is 11.6 Å². The van der Waals surface area contributed by atoms with E-state index >= 15 is 0 Å². The van der Waals surface area contributed by atoms with E-state index in [0.29, 0.717) is 16.1 Å². The van der Waals surface area contributed by atoms with Crippen LogP contribution in [-0.4, -0.2) is 31.9 Å². The zero-order valence-electron chi connectivity index (χ0n) is 18.8. The minimum absolute atomic E-state index is 0. The summed E-state index contributed by atoms with van der Waals surface area (Å²) < 4.78 is 53.9. The molecule has 1 heterocycles. The maximum atomic E-state index is 15.0. The van der Waals surface area contributed by atoms with Gasteiger partial charge in [-0.2, -0.15) is 0 Å². The minimum Gasteiger partial charge on any atom is -0.319 e. The Kier molecular flexibility index (Phi) is 8.51. The number of Topliss-reactive ketones (excluding diaryl/α,β-unsaturated/α-hetero) is 1. The molecule has 0 bridgehead atoms. The van der Waals surface area contributed by atoms with Gasteiger partial charge >= 0.3 is 0 Å². The van der Waals surface area contributed by atoms with Gasteiger partial charge in [-0.05, 0) is 53.9 Å². The number of carbonyl (C=O) groups is 2. The summed E-state index contributed by atoms with van der Waals surface area (Å²) >= 11 is 5.93. The van der Waals surface area contributed by atoms with Crippen LogP contribution in [0.2, 0.25) is 5.02 Å². The number of aryl methyl sites for hydroxylation is 1. The Hall–Kier alpha value is -2.85. The fraction of sp³-hybridized carbons (Fsp3) is 0.200. The van der Waals surface area contributed by atoms with Gasteiger partial charge in [-0.1, -0.05) is 35.9 Å². The molecular weight excluding hydrogens is 533 g/mol. The maximum absolute atomic E-state index is 15.0. The van der Waals surface area contributed by atoms with Crippen LogP contribution in [0.5, 0.6) is 0 Å². The molecule has 3 aromatic rings. The van der Waals surface area contributed by atoms with Crippen molar-refractivity contribution < 1.29 is 26.8 Å². The van der Waals surface area contributed by atoms with E-state index < -0.39 is 49.9 Å². The van der Waals surface area contributed by atoms with Crippen LogP contribution in [0.25, 0.3) is 0 Å². The molecule has 0 aliphatic carbocycles. The van der Waals surface area contributed by atoms with Gasteiger partial charge in [-0.25, -0.2) is 17.2 Å². The van der Waals surface area contributed by atoms with Crippen molar-refractivity contribution in [2.75, 3.05) is 10.7 Å². The van der Waals surface area contributed by atoms with Crippen molar-refractivity contribution in [1.29, 1.82) is 0 Å². The molecule has 3 aromatic carbocycles. The maximum Gasteiger partial charge on any atom is 0.245 e. The first-order valence-corrected chi connectivity index (χ1v) is 12.7. The summed E-state index contributed by atoms with van der Waals surface area (Å²) in [7, 11) is -4.11. The number of carbonyl (C=O) groups excluding carboxylic acids is 2. The molecule has 0 aromatic heterocycles. The molecule has 0 unspecified atom stereocenters. The van der Waals surface area contributed by atoms with E-state index in [-0.39, 0.29) is 43.0 Å². The average molecular weight is 555 g/mol. The van der Waals surface area contributed by atoms with Crippen molar-refractivity contribution in [1.82, 2.24) is 0 Å². The Morgan fingerprint density at radius 1 is 1.03 bits per heavy atom. The Morgan fingerprint density at radius 3 is 2.28 bits per heavy atom. The lowest BCUT2D eigenvalue weighted by molar-refractivity contribution is -0.119. The summed E-state index contributed by atoms with van der Waals surface area (Å²) in [6.07, 6.45) is 0.130. The fourth-order valence-corrected chi connectivity index (χ4v) is 5.60. The molecule has 0 spiro atoms. The third-order valence-electron chi connectivity index (χ3n) is 5.77. The van der Waals surface area contributed by atoms with Crippen LogP contribution in [0.4, 0.5) is 14.5 Å². The quantitative estimate of drug-likeness (QED) is 0.452. The van der Waals surface area contributed by atoms with Gasteiger partial charge in [0.1, 0.15) is 11.6 Å². The van der Waals surface area contributed by atoms with E-state index in [2.05, 4.69) is 0 Å². The minimum atomic E-state index is -4.11. The van der Waals surface area contributed by atoms with Gasteiger partial charge in [0.05, 0.1) is 34.5 Å². The average Bonchev–Trinajstić information content (AvgIpc) is 2.88. The number of rotatable bonds is 6. The number of fused-ring (bicyclic) bond motifs is 1. The zero-order valence-corrected chi connectivity index (χ0v) is 21.2. The number of benzene rings is 3. The van der Waals surface area contributed by atoms with Crippen molar-refractivity contribution in [2.45, 2.75) is 30.3 Å². The van der Waals surface area contributed by atoms with Crippen molar-refractivity contribution in [3.8, 4) is 0 Å². The topological polar surface area (TPSA) is 97.5 Å². The molecule has 2 N–H and O–H groups in total. The smallest absolute Gasteiger partial charge is 0.245 e. The van der Waals surface area contributed by atoms with Crippen LogP contribution in [0.3, 0.4) is 0 Å². The second-order valence-electron chi connectivity index (χ2n) is 8.29. The molecule has 6 nitrogen and oxygen atoms in total. The van der Waals surface area contributed by atoms with E-state index in [1.54, 1.807) is 24.3 Å². The van der Waals surface area contributed by atoms with Gasteiger partial charge in [0, 0.05) is 11.4 Å². The molecule has 1 amide bonds. The van der Waals surface area contributed by atoms with Crippen molar-refractivity contribution in [2.24, 2.45) is 5.73 Å². The number of hydrogen-bond donors (Lipinski definition) is 1. The molecule has 0 saturated carbocycles. The summed E-state index contributed by atoms with van der Waals surface area (Å²) in [4.78, 5) is 26.7. The Labute approximate surface area is 218 Å². The van der Waals surface area contributed by atoms with Crippen LogP contribution in [0.15, 0.2) is 65.6 Å². The Morgan fingerprint density at radius 2 is 1.64 bits per heavy atom.